The molecule has 3 rings (SSSR count). The zero-order valence-corrected chi connectivity index (χ0v) is 11.7. The number of aromatic nitrogens is 2. The van der Waals surface area contributed by atoms with Crippen LogP contribution in [-0.4, -0.2) is 9.55 Å². The van der Waals surface area contributed by atoms with E-state index in [1.54, 1.807) is 24.6 Å². The van der Waals surface area contributed by atoms with Crippen LogP contribution < -0.4 is 5.32 Å². The Balaban J connectivity index is 1.80. The van der Waals surface area contributed by atoms with Crippen LogP contribution in [0.3, 0.4) is 0 Å². The number of rotatable bonds is 5. The quantitative estimate of drug-likeness (QED) is 0.783. The van der Waals surface area contributed by atoms with E-state index in [9.17, 15) is 4.39 Å². The molecule has 0 aliphatic heterocycles. The van der Waals surface area contributed by atoms with E-state index in [1.165, 1.54) is 12.1 Å². The van der Waals surface area contributed by atoms with Crippen molar-refractivity contribution in [1.29, 1.82) is 0 Å². The van der Waals surface area contributed by atoms with Crippen molar-refractivity contribution in [3.8, 4) is 0 Å². The number of nitrogens with zero attached hydrogens (tertiary/aromatic N) is 2. The second-order valence-electron chi connectivity index (χ2n) is 4.85. The highest BCUT2D eigenvalue weighted by Gasteiger charge is 2.20. The first-order chi connectivity index (χ1) is 10.2. The molecule has 3 aromatic rings. The Kier molecular flexibility index (Phi) is 3.83. The number of imidazole rings is 1. The summed E-state index contributed by atoms with van der Waals surface area (Å²) in [7, 11) is 1.94. The molecule has 0 amide bonds. The number of furan rings is 1. The van der Waals surface area contributed by atoms with E-state index in [2.05, 4.69) is 10.3 Å². The molecule has 21 heavy (non-hydrogen) atoms. The summed E-state index contributed by atoms with van der Waals surface area (Å²) in [4.78, 5) is 4.38. The van der Waals surface area contributed by atoms with E-state index in [1.807, 2.05) is 29.9 Å². The Morgan fingerprint density at radius 2 is 2.10 bits per heavy atom. The minimum absolute atomic E-state index is 0.148. The number of hydrogen-bond acceptors (Lipinski definition) is 3. The second kappa shape index (κ2) is 5.93. The van der Waals surface area contributed by atoms with Gasteiger partial charge >= 0.3 is 0 Å². The molecule has 0 saturated carbocycles. The summed E-state index contributed by atoms with van der Waals surface area (Å²) in [5.41, 5.74) is 1.00. The molecule has 1 atom stereocenters. The van der Waals surface area contributed by atoms with Gasteiger partial charge in [0.1, 0.15) is 23.4 Å². The highest BCUT2D eigenvalue weighted by Crippen LogP contribution is 2.21. The molecule has 0 fully saturated rings. The van der Waals surface area contributed by atoms with Gasteiger partial charge in [-0.15, -0.1) is 0 Å². The molecule has 5 heteroatoms. The van der Waals surface area contributed by atoms with Gasteiger partial charge in [0.2, 0.25) is 0 Å². The van der Waals surface area contributed by atoms with Crippen LogP contribution in [0, 0.1) is 5.82 Å². The van der Waals surface area contributed by atoms with Crippen LogP contribution in [0.1, 0.15) is 23.2 Å². The lowest BCUT2D eigenvalue weighted by Gasteiger charge is -2.16. The molecule has 0 radical (unpaired) electrons. The first kappa shape index (κ1) is 13.6. The van der Waals surface area contributed by atoms with Gasteiger partial charge in [-0.05, 0) is 29.8 Å². The Labute approximate surface area is 122 Å². The largest absolute Gasteiger partial charge is 0.467 e. The third kappa shape index (κ3) is 3.03. The van der Waals surface area contributed by atoms with Crippen LogP contribution in [0.4, 0.5) is 4.39 Å². The molecule has 2 heterocycles. The lowest BCUT2D eigenvalue weighted by atomic mass is 10.1. The van der Waals surface area contributed by atoms with Crippen molar-refractivity contribution in [3.05, 3.63) is 78.0 Å². The smallest absolute Gasteiger partial charge is 0.133 e. The van der Waals surface area contributed by atoms with Gasteiger partial charge in [0.05, 0.1) is 6.26 Å². The molecule has 1 aromatic carbocycles. The van der Waals surface area contributed by atoms with E-state index >= 15 is 0 Å². The van der Waals surface area contributed by atoms with E-state index in [0.717, 1.165) is 17.1 Å². The molecule has 4 nitrogen and oxygen atoms in total. The molecule has 0 bridgehead atoms. The number of aryl methyl sites for hydroxylation is 1. The van der Waals surface area contributed by atoms with E-state index < -0.39 is 0 Å². The zero-order chi connectivity index (χ0) is 14.7. The van der Waals surface area contributed by atoms with Crippen molar-refractivity contribution in [1.82, 2.24) is 14.9 Å². The maximum absolute atomic E-state index is 12.9. The van der Waals surface area contributed by atoms with E-state index in [-0.39, 0.29) is 11.9 Å². The van der Waals surface area contributed by atoms with Gasteiger partial charge in [0.25, 0.3) is 0 Å². The van der Waals surface area contributed by atoms with Crippen molar-refractivity contribution < 1.29 is 8.81 Å². The highest BCUT2D eigenvalue weighted by molar-refractivity contribution is 5.19. The molecular weight excluding hydrogens is 269 g/mol. The van der Waals surface area contributed by atoms with Crippen molar-refractivity contribution in [2.24, 2.45) is 7.05 Å². The second-order valence-corrected chi connectivity index (χ2v) is 4.85. The molecular formula is C16H16FN3O. The number of hydrogen-bond donors (Lipinski definition) is 1. The summed E-state index contributed by atoms with van der Waals surface area (Å²) in [6, 6.07) is 10.1. The maximum Gasteiger partial charge on any atom is 0.133 e. The lowest BCUT2D eigenvalue weighted by molar-refractivity contribution is 0.429. The van der Waals surface area contributed by atoms with E-state index in [0.29, 0.717) is 6.54 Å². The zero-order valence-electron chi connectivity index (χ0n) is 11.7. The van der Waals surface area contributed by atoms with Gasteiger partial charge < -0.3 is 8.98 Å². The summed E-state index contributed by atoms with van der Waals surface area (Å²) < 4.78 is 20.4. The average Bonchev–Trinajstić information content (AvgIpc) is 3.14. The lowest BCUT2D eigenvalue weighted by Crippen LogP contribution is -2.24. The third-order valence-electron chi connectivity index (χ3n) is 3.37. The van der Waals surface area contributed by atoms with Crippen LogP contribution in [0.5, 0.6) is 0 Å². The van der Waals surface area contributed by atoms with Crippen LogP contribution in [0.25, 0.3) is 0 Å². The minimum atomic E-state index is -0.231. The molecule has 2 aromatic heterocycles. The first-order valence-electron chi connectivity index (χ1n) is 6.72. The minimum Gasteiger partial charge on any atom is -0.467 e. The molecule has 0 aliphatic carbocycles. The van der Waals surface area contributed by atoms with E-state index in [4.69, 9.17) is 4.42 Å². The Morgan fingerprint density at radius 3 is 2.71 bits per heavy atom. The third-order valence-corrected chi connectivity index (χ3v) is 3.37. The van der Waals surface area contributed by atoms with Gasteiger partial charge in [-0.2, -0.15) is 0 Å². The standard InChI is InChI=1S/C16H16FN3O/c1-20-9-8-18-16(20)15(14-3-2-10-21-14)19-11-12-4-6-13(17)7-5-12/h2-10,15,19H,11H2,1H3. The summed E-state index contributed by atoms with van der Waals surface area (Å²) in [5, 5.41) is 3.40. The summed E-state index contributed by atoms with van der Waals surface area (Å²) in [6.45, 7) is 0.596. The molecule has 0 aliphatic rings. The molecule has 108 valence electrons. The van der Waals surface area contributed by atoms with Crippen molar-refractivity contribution >= 4 is 0 Å². The predicted molar refractivity (Wildman–Crippen MR) is 77.0 cm³/mol. The fourth-order valence-corrected chi connectivity index (χ4v) is 2.25. The predicted octanol–water partition coefficient (Wildman–Crippen LogP) is 3.03. The molecule has 1 unspecified atom stereocenters. The fourth-order valence-electron chi connectivity index (χ4n) is 2.25. The fraction of sp³-hybridized carbons (Fsp3) is 0.188. The SMILES string of the molecule is Cn1ccnc1C(NCc1ccc(F)cc1)c1ccco1. The monoisotopic (exact) mass is 285 g/mol. The molecule has 0 spiro atoms. The molecule has 0 saturated heterocycles. The topological polar surface area (TPSA) is 43.0 Å². The van der Waals surface area contributed by atoms with Gasteiger partial charge in [-0.3, -0.25) is 5.32 Å². The first-order valence-corrected chi connectivity index (χ1v) is 6.72. The Morgan fingerprint density at radius 1 is 1.29 bits per heavy atom. The maximum atomic E-state index is 12.9. The normalized spacial score (nSPS) is 12.5. The molecule has 1 N–H and O–H groups in total. The van der Waals surface area contributed by atoms with Crippen molar-refractivity contribution in [2.75, 3.05) is 0 Å². The van der Waals surface area contributed by atoms with Crippen LogP contribution in [-0.2, 0) is 13.6 Å². The van der Waals surface area contributed by atoms with Gasteiger partial charge in [0.15, 0.2) is 0 Å². The Bertz CT molecular complexity index is 689. The summed E-state index contributed by atoms with van der Waals surface area (Å²) >= 11 is 0. The van der Waals surface area contributed by atoms with Crippen molar-refractivity contribution in [3.63, 3.8) is 0 Å². The average molecular weight is 285 g/mol. The Hall–Kier alpha value is -2.40. The van der Waals surface area contributed by atoms with Gasteiger partial charge in [-0.1, -0.05) is 12.1 Å². The van der Waals surface area contributed by atoms with Crippen LogP contribution in [0.2, 0.25) is 0 Å². The summed E-state index contributed by atoms with van der Waals surface area (Å²) in [6.07, 6.45) is 5.29. The number of benzene rings is 1. The van der Waals surface area contributed by atoms with Crippen molar-refractivity contribution in [2.45, 2.75) is 12.6 Å². The van der Waals surface area contributed by atoms with Crippen LogP contribution >= 0.6 is 0 Å². The number of nitrogens with one attached hydrogen (secondary N) is 1. The van der Waals surface area contributed by atoms with Gasteiger partial charge in [-0.25, -0.2) is 9.37 Å². The number of halogens is 1. The van der Waals surface area contributed by atoms with Gasteiger partial charge in [0, 0.05) is 26.0 Å². The summed E-state index contributed by atoms with van der Waals surface area (Å²) in [5.74, 6) is 1.43. The highest BCUT2D eigenvalue weighted by atomic mass is 19.1. The van der Waals surface area contributed by atoms with Crippen LogP contribution in [0.15, 0.2) is 59.5 Å².